The Bertz CT molecular complexity index is 1190. The molecule has 188 valence electrons. The number of ether oxygens (including phenoxy) is 2. The molecule has 0 spiro atoms. The number of nitrogens with one attached hydrogen (secondary N) is 1. The lowest BCUT2D eigenvalue weighted by Crippen LogP contribution is -2.50. The molecule has 2 heterocycles. The summed E-state index contributed by atoms with van der Waals surface area (Å²) < 4.78 is 24.1. The zero-order valence-corrected chi connectivity index (χ0v) is 20.6. The summed E-state index contributed by atoms with van der Waals surface area (Å²) in [6, 6.07) is 20.4. The molecule has 7 nitrogen and oxygen atoms in total. The van der Waals surface area contributed by atoms with Gasteiger partial charge in [-0.15, -0.1) is 0 Å². The van der Waals surface area contributed by atoms with Gasteiger partial charge in [0.15, 0.2) is 11.5 Å². The van der Waals surface area contributed by atoms with Crippen molar-refractivity contribution in [3.63, 3.8) is 0 Å². The van der Waals surface area contributed by atoms with Crippen LogP contribution < -0.4 is 24.6 Å². The van der Waals surface area contributed by atoms with Crippen molar-refractivity contribution in [1.29, 1.82) is 0 Å². The van der Waals surface area contributed by atoms with Crippen LogP contribution >= 0.6 is 0 Å². The van der Waals surface area contributed by atoms with Crippen LogP contribution in [-0.2, 0) is 0 Å². The largest absolute Gasteiger partial charge is 0.454 e. The summed E-state index contributed by atoms with van der Waals surface area (Å²) in [4.78, 5) is 19.7. The minimum Gasteiger partial charge on any atom is -0.454 e. The van der Waals surface area contributed by atoms with E-state index in [2.05, 4.69) is 44.3 Å². The number of halogens is 1. The molecule has 5 rings (SSSR count). The molecule has 0 radical (unpaired) electrons. The van der Waals surface area contributed by atoms with E-state index in [0.717, 1.165) is 43.1 Å². The van der Waals surface area contributed by atoms with E-state index >= 15 is 0 Å². The predicted molar refractivity (Wildman–Crippen MR) is 139 cm³/mol. The Hall–Kier alpha value is -3.78. The topological polar surface area (TPSA) is 57.3 Å². The van der Waals surface area contributed by atoms with Gasteiger partial charge < -0.3 is 24.6 Å². The number of nitrogens with zero attached hydrogens (tertiary/aromatic N) is 3. The Morgan fingerprint density at radius 3 is 2.33 bits per heavy atom. The molecule has 1 fully saturated rings. The fourth-order valence-corrected chi connectivity index (χ4v) is 4.73. The van der Waals surface area contributed by atoms with Gasteiger partial charge >= 0.3 is 0 Å². The van der Waals surface area contributed by atoms with Gasteiger partial charge in [-0.3, -0.25) is 9.69 Å². The number of hydrogen-bond donors (Lipinski definition) is 1. The first kappa shape index (κ1) is 23.9. The molecule has 0 bridgehead atoms. The quantitative estimate of drug-likeness (QED) is 0.542. The van der Waals surface area contributed by atoms with E-state index in [9.17, 15) is 9.18 Å². The minimum absolute atomic E-state index is 0.0227. The second-order valence-corrected chi connectivity index (χ2v) is 9.28. The number of rotatable bonds is 7. The lowest BCUT2D eigenvalue weighted by atomic mass is 10.0. The number of hydrogen-bond acceptors (Lipinski definition) is 6. The van der Waals surface area contributed by atoms with Gasteiger partial charge in [-0.05, 0) is 60.2 Å². The summed E-state index contributed by atoms with van der Waals surface area (Å²) in [7, 11) is 4.04. The fraction of sp³-hybridized carbons (Fsp3) is 0.321. The smallest absolute Gasteiger partial charge is 0.251 e. The van der Waals surface area contributed by atoms with Gasteiger partial charge in [0.05, 0.1) is 6.04 Å². The average molecular weight is 491 g/mol. The molecule has 8 heteroatoms. The molecule has 1 amide bonds. The maximum atomic E-state index is 13.3. The Balaban J connectivity index is 1.29. The first-order valence-electron chi connectivity index (χ1n) is 12.2. The van der Waals surface area contributed by atoms with Crippen molar-refractivity contribution in [3.05, 3.63) is 83.7 Å². The fourth-order valence-electron chi connectivity index (χ4n) is 4.73. The van der Waals surface area contributed by atoms with Gasteiger partial charge in [-0.25, -0.2) is 4.39 Å². The summed E-state index contributed by atoms with van der Waals surface area (Å²) in [6.07, 6.45) is 0. The van der Waals surface area contributed by atoms with Gasteiger partial charge in [-0.2, -0.15) is 0 Å². The van der Waals surface area contributed by atoms with Crippen molar-refractivity contribution in [1.82, 2.24) is 10.2 Å². The number of carbonyl (C=O) groups is 1. The van der Waals surface area contributed by atoms with Crippen molar-refractivity contribution in [3.8, 4) is 11.5 Å². The summed E-state index contributed by atoms with van der Waals surface area (Å²) >= 11 is 0. The summed E-state index contributed by atoms with van der Waals surface area (Å²) in [5.41, 5.74) is 3.85. The van der Waals surface area contributed by atoms with E-state index in [4.69, 9.17) is 9.47 Å². The maximum absolute atomic E-state index is 13.3. The predicted octanol–water partition coefficient (Wildman–Crippen LogP) is 3.91. The molecule has 0 aromatic heterocycles. The molecular weight excluding hydrogens is 459 g/mol. The zero-order chi connectivity index (χ0) is 25.1. The molecule has 3 aromatic rings. The molecule has 1 atom stereocenters. The maximum Gasteiger partial charge on any atom is 0.251 e. The van der Waals surface area contributed by atoms with Gasteiger partial charge in [0.1, 0.15) is 5.82 Å². The lowest BCUT2D eigenvalue weighted by molar-refractivity contribution is 0.0929. The van der Waals surface area contributed by atoms with Crippen LogP contribution in [0.25, 0.3) is 0 Å². The van der Waals surface area contributed by atoms with Crippen molar-refractivity contribution >= 4 is 17.3 Å². The first-order chi connectivity index (χ1) is 17.5. The highest BCUT2D eigenvalue weighted by Gasteiger charge is 2.26. The van der Waals surface area contributed by atoms with Gasteiger partial charge in [-0.1, -0.05) is 12.1 Å². The third-order valence-corrected chi connectivity index (χ3v) is 6.83. The SMILES string of the molecule is CN(C)c1ccc(C(CNC(=O)c2ccc3c(c2)OCO3)N2CCN(c3ccc(F)cc3)CC2)cc1. The van der Waals surface area contributed by atoms with Crippen LogP contribution in [0, 0.1) is 5.82 Å². The summed E-state index contributed by atoms with van der Waals surface area (Å²) in [5.74, 6) is 0.879. The highest BCUT2D eigenvalue weighted by molar-refractivity contribution is 5.95. The van der Waals surface area contributed by atoms with Crippen LogP contribution in [0.5, 0.6) is 11.5 Å². The average Bonchev–Trinajstić information content (AvgIpc) is 3.38. The monoisotopic (exact) mass is 490 g/mol. The second kappa shape index (κ2) is 10.5. The van der Waals surface area contributed by atoms with Crippen LogP contribution in [-0.4, -0.2) is 64.4 Å². The Labute approximate surface area is 211 Å². The Morgan fingerprint density at radius 1 is 0.944 bits per heavy atom. The molecular formula is C28H31FN4O3. The Morgan fingerprint density at radius 2 is 1.64 bits per heavy atom. The molecule has 1 N–H and O–H groups in total. The summed E-state index contributed by atoms with van der Waals surface area (Å²) in [5, 5.41) is 3.13. The highest BCUT2D eigenvalue weighted by Crippen LogP contribution is 2.32. The highest BCUT2D eigenvalue weighted by atomic mass is 19.1. The Kier molecular flexibility index (Phi) is 6.95. The van der Waals surface area contributed by atoms with E-state index in [-0.39, 0.29) is 24.6 Å². The molecule has 3 aromatic carbocycles. The third-order valence-electron chi connectivity index (χ3n) is 6.83. The van der Waals surface area contributed by atoms with Crippen LogP contribution in [0.2, 0.25) is 0 Å². The number of anilines is 2. The van der Waals surface area contributed by atoms with Crippen molar-refractivity contribution in [2.75, 3.05) is 63.4 Å². The van der Waals surface area contributed by atoms with Crippen LogP contribution in [0.3, 0.4) is 0 Å². The molecule has 0 aliphatic carbocycles. The normalized spacial score (nSPS) is 16.0. The zero-order valence-electron chi connectivity index (χ0n) is 20.6. The van der Waals surface area contributed by atoms with Crippen LogP contribution in [0.1, 0.15) is 22.0 Å². The van der Waals surface area contributed by atoms with Crippen molar-refractivity contribution in [2.45, 2.75) is 6.04 Å². The van der Waals surface area contributed by atoms with Gasteiger partial charge in [0, 0.05) is 63.8 Å². The van der Waals surface area contributed by atoms with Crippen molar-refractivity contribution < 1.29 is 18.7 Å². The van der Waals surface area contributed by atoms with E-state index in [0.29, 0.717) is 23.6 Å². The summed E-state index contributed by atoms with van der Waals surface area (Å²) in [6.45, 7) is 3.97. The molecule has 2 aliphatic rings. The molecule has 2 aliphatic heterocycles. The van der Waals surface area contributed by atoms with Crippen LogP contribution in [0.4, 0.5) is 15.8 Å². The number of amides is 1. The standard InChI is InChI=1S/C28H31FN4O3/c1-31(2)23-8-3-20(4-9-23)25(18-30-28(34)21-5-12-26-27(17-21)36-19-35-26)33-15-13-32(14-16-33)24-10-6-22(29)7-11-24/h3-12,17,25H,13-16,18-19H2,1-2H3,(H,30,34). The van der Waals surface area contributed by atoms with Gasteiger partial charge in [0.2, 0.25) is 6.79 Å². The second-order valence-electron chi connectivity index (χ2n) is 9.28. The number of piperazine rings is 1. The van der Waals surface area contributed by atoms with Crippen LogP contribution in [0.15, 0.2) is 66.7 Å². The van der Waals surface area contributed by atoms with E-state index < -0.39 is 0 Å². The number of benzene rings is 3. The lowest BCUT2D eigenvalue weighted by Gasteiger charge is -2.40. The van der Waals surface area contributed by atoms with E-state index in [1.165, 1.54) is 12.1 Å². The van der Waals surface area contributed by atoms with Crippen molar-refractivity contribution in [2.24, 2.45) is 0 Å². The van der Waals surface area contributed by atoms with E-state index in [1.807, 2.05) is 26.2 Å². The van der Waals surface area contributed by atoms with E-state index in [1.54, 1.807) is 18.2 Å². The molecule has 36 heavy (non-hydrogen) atoms. The molecule has 1 saturated heterocycles. The van der Waals surface area contributed by atoms with Gasteiger partial charge in [0.25, 0.3) is 5.91 Å². The first-order valence-corrected chi connectivity index (χ1v) is 12.2. The molecule has 1 unspecified atom stereocenters. The minimum atomic E-state index is -0.225. The molecule has 0 saturated carbocycles. The number of carbonyl (C=O) groups excluding carboxylic acids is 1. The third kappa shape index (κ3) is 5.23. The number of fused-ring (bicyclic) bond motifs is 1.